The lowest BCUT2D eigenvalue weighted by Crippen LogP contribution is -2.34. The zero-order valence-electron chi connectivity index (χ0n) is 12.8. The van der Waals surface area contributed by atoms with Gasteiger partial charge >= 0.3 is 0 Å². The van der Waals surface area contributed by atoms with Crippen molar-refractivity contribution in [2.75, 3.05) is 5.32 Å². The monoisotopic (exact) mass is 312 g/mol. The summed E-state index contributed by atoms with van der Waals surface area (Å²) in [5.74, 6) is -0.0785. The van der Waals surface area contributed by atoms with Crippen LogP contribution < -0.4 is 10.6 Å². The van der Waals surface area contributed by atoms with Crippen LogP contribution in [0.15, 0.2) is 48.5 Å². The molecule has 1 amide bonds. The minimum absolute atomic E-state index is 0.0785. The van der Waals surface area contributed by atoms with E-state index in [-0.39, 0.29) is 5.91 Å². The Hall–Kier alpha value is -2.20. The van der Waals surface area contributed by atoms with Crippen molar-refractivity contribution in [1.29, 1.82) is 0 Å². The maximum atomic E-state index is 11.9. The van der Waals surface area contributed by atoms with E-state index in [4.69, 9.17) is 12.2 Å². The van der Waals surface area contributed by atoms with Crippen LogP contribution in [0.4, 0.5) is 5.69 Å². The summed E-state index contributed by atoms with van der Waals surface area (Å²) in [5.41, 5.74) is 4.44. The van der Waals surface area contributed by atoms with Gasteiger partial charge in [-0.05, 0) is 61.3 Å². The summed E-state index contributed by atoms with van der Waals surface area (Å²) in [5, 5.41) is 6.09. The van der Waals surface area contributed by atoms with Crippen LogP contribution in [0.25, 0.3) is 0 Å². The molecule has 0 heterocycles. The second-order valence-corrected chi connectivity index (χ2v) is 5.70. The molecule has 22 heavy (non-hydrogen) atoms. The molecular weight excluding hydrogens is 292 g/mol. The van der Waals surface area contributed by atoms with Crippen molar-refractivity contribution in [2.24, 2.45) is 0 Å². The van der Waals surface area contributed by atoms with Crippen LogP contribution in [0.1, 0.15) is 23.1 Å². The standard InChI is InChI=1S/C18H20N2OS/c1-13-8-10-16(12-14(13)2)19-18(22)20-17(21)11-9-15-6-4-3-5-7-15/h3-8,10,12H,9,11H2,1-2H3,(H2,19,20,21,22). The Balaban J connectivity index is 1.81. The Morgan fingerprint density at radius 1 is 1.05 bits per heavy atom. The number of carbonyl (C=O) groups excluding carboxylic acids is 1. The highest BCUT2D eigenvalue weighted by molar-refractivity contribution is 7.80. The van der Waals surface area contributed by atoms with Crippen LogP contribution in [0.5, 0.6) is 0 Å². The first-order valence-electron chi connectivity index (χ1n) is 7.26. The Bertz CT molecular complexity index is 668. The van der Waals surface area contributed by atoms with Gasteiger partial charge in [0, 0.05) is 12.1 Å². The van der Waals surface area contributed by atoms with Gasteiger partial charge in [-0.1, -0.05) is 36.4 Å². The molecule has 0 fully saturated rings. The lowest BCUT2D eigenvalue weighted by molar-refractivity contribution is -0.119. The average molecular weight is 312 g/mol. The van der Waals surface area contributed by atoms with Gasteiger partial charge in [-0.2, -0.15) is 0 Å². The number of rotatable bonds is 4. The molecule has 3 nitrogen and oxygen atoms in total. The normalized spacial score (nSPS) is 10.1. The molecule has 0 unspecified atom stereocenters. The van der Waals surface area contributed by atoms with E-state index in [0.717, 1.165) is 11.3 Å². The molecule has 0 aromatic heterocycles. The number of thiocarbonyl (C=S) groups is 1. The third kappa shape index (κ3) is 4.97. The molecule has 0 radical (unpaired) electrons. The number of benzene rings is 2. The summed E-state index contributed by atoms with van der Waals surface area (Å²) < 4.78 is 0. The zero-order valence-corrected chi connectivity index (χ0v) is 13.7. The largest absolute Gasteiger partial charge is 0.332 e. The predicted molar refractivity (Wildman–Crippen MR) is 95.0 cm³/mol. The number of aryl methyl sites for hydroxylation is 3. The van der Waals surface area contributed by atoms with Crippen molar-refractivity contribution in [3.63, 3.8) is 0 Å². The third-order valence-corrected chi connectivity index (χ3v) is 3.71. The molecule has 114 valence electrons. The zero-order chi connectivity index (χ0) is 15.9. The van der Waals surface area contributed by atoms with E-state index in [0.29, 0.717) is 18.0 Å². The SMILES string of the molecule is Cc1ccc(NC(=S)NC(=O)CCc2ccccc2)cc1C. The topological polar surface area (TPSA) is 41.1 Å². The molecule has 0 saturated heterocycles. The van der Waals surface area contributed by atoms with Crippen molar-refractivity contribution < 1.29 is 4.79 Å². The van der Waals surface area contributed by atoms with Crippen molar-refractivity contribution >= 4 is 28.9 Å². The van der Waals surface area contributed by atoms with Crippen LogP contribution >= 0.6 is 12.2 Å². The summed E-state index contributed by atoms with van der Waals surface area (Å²) in [7, 11) is 0. The maximum absolute atomic E-state index is 11.9. The average Bonchev–Trinajstić information content (AvgIpc) is 2.50. The fraction of sp³-hybridized carbons (Fsp3) is 0.222. The quantitative estimate of drug-likeness (QED) is 0.845. The van der Waals surface area contributed by atoms with E-state index >= 15 is 0 Å². The Morgan fingerprint density at radius 2 is 1.77 bits per heavy atom. The Kier molecular flexibility index (Phi) is 5.67. The number of carbonyl (C=O) groups is 1. The first kappa shape index (κ1) is 16.2. The minimum atomic E-state index is -0.0785. The molecule has 0 bridgehead atoms. The lowest BCUT2D eigenvalue weighted by atomic mass is 10.1. The molecule has 4 heteroatoms. The van der Waals surface area contributed by atoms with Gasteiger partial charge in [0.25, 0.3) is 0 Å². The summed E-state index contributed by atoms with van der Waals surface area (Å²) in [6.45, 7) is 4.10. The smallest absolute Gasteiger partial charge is 0.226 e. The number of nitrogens with one attached hydrogen (secondary N) is 2. The van der Waals surface area contributed by atoms with Gasteiger partial charge in [0.2, 0.25) is 5.91 Å². The highest BCUT2D eigenvalue weighted by Gasteiger charge is 2.06. The summed E-state index contributed by atoms with van der Waals surface area (Å²) in [6.07, 6.45) is 1.12. The molecule has 0 aliphatic carbocycles. The first-order valence-corrected chi connectivity index (χ1v) is 7.67. The van der Waals surface area contributed by atoms with Crippen LogP contribution in [-0.2, 0) is 11.2 Å². The number of amides is 1. The molecule has 2 rings (SSSR count). The van der Waals surface area contributed by atoms with Crippen LogP contribution in [0, 0.1) is 13.8 Å². The van der Waals surface area contributed by atoms with E-state index < -0.39 is 0 Å². The van der Waals surface area contributed by atoms with Crippen LogP contribution in [0.3, 0.4) is 0 Å². The second kappa shape index (κ2) is 7.71. The molecule has 2 N–H and O–H groups in total. The molecule has 0 atom stereocenters. The van der Waals surface area contributed by atoms with Crippen LogP contribution in [0.2, 0.25) is 0 Å². The summed E-state index contributed by atoms with van der Waals surface area (Å²) in [6, 6.07) is 15.9. The van der Waals surface area contributed by atoms with Gasteiger partial charge in [-0.25, -0.2) is 0 Å². The minimum Gasteiger partial charge on any atom is -0.332 e. The van der Waals surface area contributed by atoms with Gasteiger partial charge in [0.1, 0.15) is 0 Å². The van der Waals surface area contributed by atoms with Crippen molar-refractivity contribution in [3.8, 4) is 0 Å². The molecule has 0 spiro atoms. The summed E-state index contributed by atoms with van der Waals surface area (Å²) in [4.78, 5) is 11.9. The van der Waals surface area contributed by atoms with Crippen molar-refractivity contribution in [1.82, 2.24) is 5.32 Å². The van der Waals surface area contributed by atoms with E-state index in [1.807, 2.05) is 55.5 Å². The maximum Gasteiger partial charge on any atom is 0.226 e. The fourth-order valence-corrected chi connectivity index (χ4v) is 2.30. The van der Waals surface area contributed by atoms with Gasteiger partial charge in [-0.3, -0.25) is 4.79 Å². The molecule has 2 aromatic carbocycles. The van der Waals surface area contributed by atoms with E-state index in [1.165, 1.54) is 11.1 Å². The van der Waals surface area contributed by atoms with Crippen LogP contribution in [-0.4, -0.2) is 11.0 Å². The predicted octanol–water partition coefficient (Wildman–Crippen LogP) is 3.75. The Morgan fingerprint density at radius 3 is 2.45 bits per heavy atom. The van der Waals surface area contributed by atoms with Crippen molar-refractivity contribution in [2.45, 2.75) is 26.7 Å². The summed E-state index contributed by atoms with van der Waals surface area (Å²) >= 11 is 5.18. The number of anilines is 1. The lowest BCUT2D eigenvalue weighted by Gasteiger charge is -2.11. The number of hydrogen-bond acceptors (Lipinski definition) is 2. The van der Waals surface area contributed by atoms with E-state index in [9.17, 15) is 4.79 Å². The van der Waals surface area contributed by atoms with Gasteiger partial charge in [-0.15, -0.1) is 0 Å². The molecule has 0 saturated carbocycles. The highest BCUT2D eigenvalue weighted by atomic mass is 32.1. The van der Waals surface area contributed by atoms with Gasteiger partial charge in [0.05, 0.1) is 0 Å². The third-order valence-electron chi connectivity index (χ3n) is 3.50. The second-order valence-electron chi connectivity index (χ2n) is 5.29. The first-order chi connectivity index (χ1) is 10.5. The van der Waals surface area contributed by atoms with Gasteiger partial charge in [0.15, 0.2) is 5.11 Å². The molecule has 0 aliphatic heterocycles. The molecule has 0 aliphatic rings. The highest BCUT2D eigenvalue weighted by Crippen LogP contribution is 2.14. The Labute approximate surface area is 136 Å². The van der Waals surface area contributed by atoms with Gasteiger partial charge < -0.3 is 10.6 Å². The fourth-order valence-electron chi connectivity index (χ4n) is 2.07. The molecular formula is C18H20N2OS. The van der Waals surface area contributed by atoms with E-state index in [2.05, 4.69) is 17.6 Å². The van der Waals surface area contributed by atoms with E-state index in [1.54, 1.807) is 0 Å². The molecule has 2 aromatic rings. The number of hydrogen-bond donors (Lipinski definition) is 2. The van der Waals surface area contributed by atoms with Crippen molar-refractivity contribution in [3.05, 3.63) is 65.2 Å².